The lowest BCUT2D eigenvalue weighted by Crippen LogP contribution is -2.21. The van der Waals surface area contributed by atoms with Gasteiger partial charge < -0.3 is 15.7 Å². The molecule has 4 N–H and O–H groups in total. The van der Waals surface area contributed by atoms with Gasteiger partial charge in [0.15, 0.2) is 0 Å². The van der Waals surface area contributed by atoms with Crippen LogP contribution < -0.4 is 10.6 Å². The van der Waals surface area contributed by atoms with Crippen LogP contribution in [0.2, 0.25) is 0 Å². The highest BCUT2D eigenvalue weighted by molar-refractivity contribution is 6.10. The van der Waals surface area contributed by atoms with Crippen LogP contribution in [0, 0.1) is 11.3 Å². The van der Waals surface area contributed by atoms with Crippen molar-refractivity contribution in [2.75, 3.05) is 24.6 Å². The fraction of sp³-hybridized carbons (Fsp3) is 0.353. The van der Waals surface area contributed by atoms with Gasteiger partial charge >= 0.3 is 0 Å². The van der Waals surface area contributed by atoms with Crippen LogP contribution in [-0.2, 0) is 0 Å². The fourth-order valence-electron chi connectivity index (χ4n) is 3.26. The molecule has 0 saturated carbocycles. The molecule has 4 nitrogen and oxygen atoms in total. The van der Waals surface area contributed by atoms with Crippen LogP contribution in [-0.4, -0.2) is 30.6 Å². The second-order valence-corrected chi connectivity index (χ2v) is 5.70. The summed E-state index contributed by atoms with van der Waals surface area (Å²) in [4.78, 5) is 2.38. The number of amidine groups is 1. The Morgan fingerprint density at radius 3 is 2.71 bits per heavy atom. The summed E-state index contributed by atoms with van der Waals surface area (Å²) in [6.07, 6.45) is 2.00. The number of rotatable bonds is 4. The van der Waals surface area contributed by atoms with E-state index in [0.717, 1.165) is 42.3 Å². The molecule has 0 radical (unpaired) electrons. The number of fused-ring (bicyclic) bond motifs is 1. The first-order chi connectivity index (χ1) is 10.2. The maximum atomic E-state index is 9.10. The Labute approximate surface area is 124 Å². The standard InChI is InChI=1S/C17H21N3O/c18-17(19)15-5-6-16(14-4-2-1-3-13(14)15)20-9-7-12(11-20)8-10-21/h1-6,12,21H,7-11H2,(H3,18,19). The summed E-state index contributed by atoms with van der Waals surface area (Å²) in [5.41, 5.74) is 7.68. The molecule has 1 heterocycles. The number of benzene rings is 2. The molecule has 0 amide bonds. The van der Waals surface area contributed by atoms with Gasteiger partial charge in [-0.1, -0.05) is 24.3 Å². The van der Waals surface area contributed by atoms with E-state index in [0.29, 0.717) is 5.92 Å². The SMILES string of the molecule is N=C(N)c1ccc(N2CCC(CCO)C2)c2ccccc12. The maximum absolute atomic E-state index is 9.10. The largest absolute Gasteiger partial charge is 0.396 e. The average Bonchev–Trinajstić information content (AvgIpc) is 2.94. The van der Waals surface area contributed by atoms with E-state index in [1.54, 1.807) is 0 Å². The van der Waals surface area contributed by atoms with E-state index in [9.17, 15) is 0 Å². The predicted octanol–water partition coefficient (Wildman–Crippen LogP) is 2.33. The maximum Gasteiger partial charge on any atom is 0.123 e. The topological polar surface area (TPSA) is 73.3 Å². The Morgan fingerprint density at radius 2 is 2.00 bits per heavy atom. The van der Waals surface area contributed by atoms with Crippen LogP contribution in [0.4, 0.5) is 5.69 Å². The summed E-state index contributed by atoms with van der Waals surface area (Å²) >= 11 is 0. The second-order valence-electron chi connectivity index (χ2n) is 5.70. The summed E-state index contributed by atoms with van der Waals surface area (Å²) < 4.78 is 0. The summed E-state index contributed by atoms with van der Waals surface area (Å²) in [6, 6.07) is 12.1. The van der Waals surface area contributed by atoms with Crippen molar-refractivity contribution in [2.24, 2.45) is 11.7 Å². The highest BCUT2D eigenvalue weighted by Gasteiger charge is 2.23. The van der Waals surface area contributed by atoms with Gasteiger partial charge in [0.1, 0.15) is 5.84 Å². The van der Waals surface area contributed by atoms with Crippen molar-refractivity contribution < 1.29 is 5.11 Å². The lowest BCUT2D eigenvalue weighted by Gasteiger charge is -2.22. The highest BCUT2D eigenvalue weighted by Crippen LogP contribution is 2.33. The molecule has 110 valence electrons. The number of nitrogens with zero attached hydrogens (tertiary/aromatic N) is 1. The minimum atomic E-state index is 0.109. The van der Waals surface area contributed by atoms with E-state index in [1.807, 2.05) is 24.3 Å². The van der Waals surface area contributed by atoms with Gasteiger partial charge in [-0.25, -0.2) is 0 Å². The van der Waals surface area contributed by atoms with Crippen LogP contribution in [0.3, 0.4) is 0 Å². The van der Waals surface area contributed by atoms with Crippen molar-refractivity contribution in [3.8, 4) is 0 Å². The number of hydrogen-bond acceptors (Lipinski definition) is 3. The quantitative estimate of drug-likeness (QED) is 0.595. The van der Waals surface area contributed by atoms with E-state index < -0.39 is 0 Å². The monoisotopic (exact) mass is 283 g/mol. The summed E-state index contributed by atoms with van der Waals surface area (Å²) in [7, 11) is 0. The minimum absolute atomic E-state index is 0.109. The van der Waals surface area contributed by atoms with Crippen molar-refractivity contribution in [1.82, 2.24) is 0 Å². The molecule has 1 fully saturated rings. The van der Waals surface area contributed by atoms with Crippen molar-refractivity contribution in [3.63, 3.8) is 0 Å². The van der Waals surface area contributed by atoms with Gasteiger partial charge in [0.25, 0.3) is 0 Å². The molecule has 21 heavy (non-hydrogen) atoms. The van der Waals surface area contributed by atoms with Crippen molar-refractivity contribution in [2.45, 2.75) is 12.8 Å². The number of hydrogen-bond donors (Lipinski definition) is 3. The molecule has 3 rings (SSSR count). The number of nitrogen functional groups attached to an aromatic ring is 1. The first-order valence-electron chi connectivity index (χ1n) is 7.42. The first-order valence-corrected chi connectivity index (χ1v) is 7.42. The first kappa shape index (κ1) is 13.9. The second kappa shape index (κ2) is 5.74. The molecule has 0 aromatic heterocycles. The summed E-state index contributed by atoms with van der Waals surface area (Å²) in [5, 5.41) is 19.0. The zero-order valence-electron chi connectivity index (χ0n) is 12.0. The molecule has 1 aliphatic heterocycles. The number of nitrogens with two attached hydrogens (primary N) is 1. The molecule has 0 bridgehead atoms. The van der Waals surface area contributed by atoms with Crippen molar-refractivity contribution in [3.05, 3.63) is 42.0 Å². The molecule has 1 unspecified atom stereocenters. The number of nitrogens with one attached hydrogen (secondary N) is 1. The molecule has 1 atom stereocenters. The van der Waals surface area contributed by atoms with Gasteiger partial charge in [-0.3, -0.25) is 5.41 Å². The van der Waals surface area contributed by atoms with Crippen molar-refractivity contribution >= 4 is 22.3 Å². The van der Waals surface area contributed by atoms with Crippen molar-refractivity contribution in [1.29, 1.82) is 5.41 Å². The third-order valence-electron chi connectivity index (χ3n) is 4.36. The van der Waals surface area contributed by atoms with Gasteiger partial charge in [-0.15, -0.1) is 0 Å². The lowest BCUT2D eigenvalue weighted by molar-refractivity contribution is 0.263. The minimum Gasteiger partial charge on any atom is -0.396 e. The van der Waals surface area contributed by atoms with E-state index >= 15 is 0 Å². The Kier molecular flexibility index (Phi) is 3.80. The van der Waals surface area contributed by atoms with E-state index in [1.165, 1.54) is 5.69 Å². The smallest absolute Gasteiger partial charge is 0.123 e. The number of aliphatic hydroxyl groups excluding tert-OH is 1. The van der Waals surface area contributed by atoms with Gasteiger partial charge in [-0.05, 0) is 36.3 Å². The molecule has 0 aliphatic carbocycles. The summed E-state index contributed by atoms with van der Waals surface area (Å²) in [6.45, 7) is 2.28. The van der Waals surface area contributed by atoms with Crippen LogP contribution in [0.25, 0.3) is 10.8 Å². The van der Waals surface area contributed by atoms with Gasteiger partial charge in [0.2, 0.25) is 0 Å². The molecule has 4 heteroatoms. The van der Waals surface area contributed by atoms with Gasteiger partial charge in [-0.2, -0.15) is 0 Å². The third kappa shape index (κ3) is 2.59. The van der Waals surface area contributed by atoms with Crippen LogP contribution >= 0.6 is 0 Å². The van der Waals surface area contributed by atoms with Crippen LogP contribution in [0.5, 0.6) is 0 Å². The van der Waals surface area contributed by atoms with Gasteiger partial charge in [0.05, 0.1) is 0 Å². The molecular formula is C17H21N3O. The average molecular weight is 283 g/mol. The number of anilines is 1. The third-order valence-corrected chi connectivity index (χ3v) is 4.36. The number of aliphatic hydroxyl groups is 1. The zero-order chi connectivity index (χ0) is 14.8. The molecule has 1 saturated heterocycles. The normalized spacial score (nSPS) is 18.3. The molecular weight excluding hydrogens is 262 g/mol. The van der Waals surface area contributed by atoms with Gasteiger partial charge in [0, 0.05) is 36.3 Å². The molecule has 2 aromatic rings. The zero-order valence-corrected chi connectivity index (χ0v) is 12.0. The summed E-state index contributed by atoms with van der Waals surface area (Å²) in [5.74, 6) is 0.679. The molecule has 1 aliphatic rings. The molecule has 0 spiro atoms. The Balaban J connectivity index is 2.01. The Bertz CT molecular complexity index is 668. The van der Waals surface area contributed by atoms with Crippen LogP contribution in [0.1, 0.15) is 18.4 Å². The predicted molar refractivity (Wildman–Crippen MR) is 87.0 cm³/mol. The lowest BCUT2D eigenvalue weighted by atomic mass is 10.0. The van der Waals surface area contributed by atoms with Crippen LogP contribution in [0.15, 0.2) is 36.4 Å². The van der Waals surface area contributed by atoms with E-state index in [4.69, 9.17) is 16.2 Å². The Morgan fingerprint density at radius 1 is 1.24 bits per heavy atom. The molecule has 2 aromatic carbocycles. The Hall–Kier alpha value is -2.07. The highest BCUT2D eigenvalue weighted by atomic mass is 16.3. The fourth-order valence-corrected chi connectivity index (χ4v) is 3.26. The van der Waals surface area contributed by atoms with E-state index in [2.05, 4.69) is 17.0 Å². The van der Waals surface area contributed by atoms with E-state index in [-0.39, 0.29) is 12.4 Å².